The number of hydrogen-bond donors (Lipinski definition) is 0. The molecule has 1 saturated heterocycles. The smallest absolute Gasteiger partial charge is 0.160 e. The Kier molecular flexibility index (Phi) is 4.42. The lowest BCUT2D eigenvalue weighted by molar-refractivity contribution is 0.255. The summed E-state index contributed by atoms with van der Waals surface area (Å²) in [6.45, 7) is 4.36. The molecule has 0 unspecified atom stereocenters. The Balaban J connectivity index is 1.79. The second-order valence-corrected chi connectivity index (χ2v) is 7.55. The van der Waals surface area contributed by atoms with E-state index in [4.69, 9.17) is 9.73 Å². The molecule has 0 amide bonds. The van der Waals surface area contributed by atoms with E-state index in [9.17, 15) is 0 Å². The average Bonchev–Trinajstić information content (AvgIpc) is 3.21. The molecule has 4 rings (SSSR count). The Morgan fingerprint density at radius 3 is 2.84 bits per heavy atom. The van der Waals surface area contributed by atoms with Crippen LogP contribution in [0.15, 0.2) is 47.6 Å². The van der Waals surface area contributed by atoms with E-state index in [2.05, 4.69) is 48.0 Å². The maximum absolute atomic E-state index is 5.44. The summed E-state index contributed by atoms with van der Waals surface area (Å²) in [5.74, 6) is 2.05. The largest absolute Gasteiger partial charge is 0.496 e. The van der Waals surface area contributed by atoms with Crippen LogP contribution in [0.25, 0.3) is 0 Å². The molecule has 0 bridgehead atoms. The summed E-state index contributed by atoms with van der Waals surface area (Å²) in [5, 5.41) is 1.17. The molecule has 0 radical (unpaired) electrons. The van der Waals surface area contributed by atoms with Gasteiger partial charge in [-0.25, -0.2) is 0 Å². The Morgan fingerprint density at radius 1 is 1.28 bits per heavy atom. The van der Waals surface area contributed by atoms with E-state index in [0.29, 0.717) is 6.04 Å². The molecule has 0 N–H and O–H groups in total. The second kappa shape index (κ2) is 6.71. The summed E-state index contributed by atoms with van der Waals surface area (Å²) >= 11 is 1.88. The first-order chi connectivity index (χ1) is 12.2. The lowest BCUT2D eigenvalue weighted by Crippen LogP contribution is -2.35. The molecular weight excluding hydrogens is 330 g/mol. The summed E-state index contributed by atoms with van der Waals surface area (Å²) in [5.41, 5.74) is 3.49. The minimum absolute atomic E-state index is 0.0471. The summed E-state index contributed by atoms with van der Waals surface area (Å²) in [6.07, 6.45) is 2.99. The van der Waals surface area contributed by atoms with Crippen molar-refractivity contribution < 1.29 is 4.74 Å². The number of methoxy groups -OCH3 is 1. The van der Waals surface area contributed by atoms with Gasteiger partial charge < -0.3 is 9.64 Å². The van der Waals surface area contributed by atoms with Crippen LogP contribution in [-0.2, 0) is 0 Å². The van der Waals surface area contributed by atoms with Gasteiger partial charge in [-0.05, 0) is 42.7 Å². The number of aryl methyl sites for hydroxylation is 1. The standard InChI is InChI=1S/C20H23N3OS/c1-4-15-12-25-20-22-18(16-7-5-6-10-21-16)19(23(15)20)14-8-9-17(24-3)13(2)11-14/h5-11,15,18-19H,4,12H2,1-3H3/t15-,18+,19+/m0/s1. The first kappa shape index (κ1) is 16.5. The number of thioether (sulfide) groups is 1. The van der Waals surface area contributed by atoms with E-state index in [-0.39, 0.29) is 12.1 Å². The van der Waals surface area contributed by atoms with Gasteiger partial charge >= 0.3 is 0 Å². The zero-order valence-electron chi connectivity index (χ0n) is 14.8. The maximum atomic E-state index is 5.44. The summed E-state index contributed by atoms with van der Waals surface area (Å²) in [7, 11) is 1.72. The molecule has 1 aromatic heterocycles. The normalized spacial score (nSPS) is 25.0. The van der Waals surface area contributed by atoms with Crippen LogP contribution in [-0.4, -0.2) is 34.0 Å². The second-order valence-electron chi connectivity index (χ2n) is 6.57. The number of aliphatic imine (C=N–C) groups is 1. The zero-order valence-corrected chi connectivity index (χ0v) is 15.7. The highest BCUT2D eigenvalue weighted by Gasteiger charge is 2.45. The minimum atomic E-state index is 0.0471. The highest BCUT2D eigenvalue weighted by molar-refractivity contribution is 8.14. The van der Waals surface area contributed by atoms with Gasteiger partial charge in [0, 0.05) is 18.0 Å². The topological polar surface area (TPSA) is 37.7 Å². The van der Waals surface area contributed by atoms with Gasteiger partial charge in [0.2, 0.25) is 0 Å². The molecule has 130 valence electrons. The van der Waals surface area contributed by atoms with Crippen molar-refractivity contribution in [3.63, 3.8) is 0 Å². The molecule has 0 aliphatic carbocycles. The van der Waals surface area contributed by atoms with Crippen molar-refractivity contribution in [2.45, 2.75) is 38.4 Å². The number of nitrogens with zero attached hydrogens (tertiary/aromatic N) is 3. The number of benzene rings is 1. The van der Waals surface area contributed by atoms with Gasteiger partial charge in [-0.2, -0.15) is 0 Å². The van der Waals surface area contributed by atoms with Crippen molar-refractivity contribution in [2.75, 3.05) is 12.9 Å². The third-order valence-corrected chi connectivity index (χ3v) is 6.22. The van der Waals surface area contributed by atoms with E-state index in [0.717, 1.165) is 29.2 Å². The fraction of sp³-hybridized carbons (Fsp3) is 0.400. The van der Waals surface area contributed by atoms with E-state index in [1.54, 1.807) is 7.11 Å². The van der Waals surface area contributed by atoms with Crippen molar-refractivity contribution in [1.82, 2.24) is 9.88 Å². The third-order valence-electron chi connectivity index (χ3n) is 5.09. The first-order valence-corrected chi connectivity index (χ1v) is 9.76. The van der Waals surface area contributed by atoms with Crippen molar-refractivity contribution in [1.29, 1.82) is 0 Å². The van der Waals surface area contributed by atoms with Gasteiger partial charge in [0.25, 0.3) is 0 Å². The molecule has 3 atom stereocenters. The molecular formula is C20H23N3OS. The van der Waals surface area contributed by atoms with Gasteiger partial charge in [0.1, 0.15) is 11.8 Å². The number of fused-ring (bicyclic) bond motifs is 1. The zero-order chi connectivity index (χ0) is 17.4. The summed E-state index contributed by atoms with van der Waals surface area (Å²) in [4.78, 5) is 12.2. The number of aromatic nitrogens is 1. The quantitative estimate of drug-likeness (QED) is 0.818. The Labute approximate surface area is 153 Å². The van der Waals surface area contributed by atoms with Crippen molar-refractivity contribution in [2.24, 2.45) is 4.99 Å². The van der Waals surface area contributed by atoms with Crippen LogP contribution < -0.4 is 4.74 Å². The monoisotopic (exact) mass is 353 g/mol. The minimum Gasteiger partial charge on any atom is -0.496 e. The fourth-order valence-corrected chi connectivity index (χ4v) is 5.13. The molecule has 0 spiro atoms. The predicted molar refractivity (Wildman–Crippen MR) is 103 cm³/mol. The molecule has 4 nitrogen and oxygen atoms in total. The first-order valence-electron chi connectivity index (χ1n) is 8.77. The van der Waals surface area contributed by atoms with Crippen molar-refractivity contribution >= 4 is 16.9 Å². The van der Waals surface area contributed by atoms with Crippen LogP contribution in [0.2, 0.25) is 0 Å². The lowest BCUT2D eigenvalue weighted by atomic mass is 9.94. The number of pyridine rings is 1. The van der Waals surface area contributed by atoms with Crippen LogP contribution >= 0.6 is 11.8 Å². The van der Waals surface area contributed by atoms with E-state index < -0.39 is 0 Å². The number of rotatable bonds is 4. The Morgan fingerprint density at radius 2 is 2.16 bits per heavy atom. The molecule has 5 heteroatoms. The van der Waals surface area contributed by atoms with Gasteiger partial charge in [0.15, 0.2) is 5.17 Å². The van der Waals surface area contributed by atoms with Crippen molar-refractivity contribution in [3.8, 4) is 5.75 Å². The molecule has 2 aromatic rings. The highest BCUT2D eigenvalue weighted by atomic mass is 32.2. The molecule has 25 heavy (non-hydrogen) atoms. The molecule has 1 fully saturated rings. The fourth-order valence-electron chi connectivity index (χ4n) is 3.80. The summed E-state index contributed by atoms with van der Waals surface area (Å²) in [6, 6.07) is 13.4. The maximum Gasteiger partial charge on any atom is 0.160 e. The predicted octanol–water partition coefficient (Wildman–Crippen LogP) is 4.38. The van der Waals surface area contributed by atoms with Gasteiger partial charge in [0.05, 0.1) is 18.8 Å². The van der Waals surface area contributed by atoms with Crippen LogP contribution in [0, 0.1) is 6.92 Å². The SMILES string of the molecule is CC[C@H]1CSC2=N[C@H](c3ccccn3)[C@@H](c3ccc(OC)c(C)c3)N21. The third kappa shape index (κ3) is 2.80. The highest BCUT2D eigenvalue weighted by Crippen LogP contribution is 2.48. The molecule has 0 saturated carbocycles. The van der Waals surface area contributed by atoms with Gasteiger partial charge in [-0.1, -0.05) is 36.9 Å². The Bertz CT molecular complexity index is 793. The van der Waals surface area contributed by atoms with Crippen LogP contribution in [0.4, 0.5) is 0 Å². The molecule has 2 aliphatic heterocycles. The lowest BCUT2D eigenvalue weighted by Gasteiger charge is -2.32. The van der Waals surface area contributed by atoms with E-state index in [1.165, 1.54) is 10.7 Å². The van der Waals surface area contributed by atoms with Crippen molar-refractivity contribution in [3.05, 3.63) is 59.4 Å². The van der Waals surface area contributed by atoms with Gasteiger partial charge in [-0.3, -0.25) is 9.98 Å². The average molecular weight is 353 g/mol. The molecule has 1 aromatic carbocycles. The van der Waals surface area contributed by atoms with Crippen LogP contribution in [0.5, 0.6) is 5.75 Å². The van der Waals surface area contributed by atoms with Crippen LogP contribution in [0.3, 0.4) is 0 Å². The molecule has 2 aliphatic rings. The van der Waals surface area contributed by atoms with Crippen LogP contribution in [0.1, 0.15) is 42.2 Å². The van der Waals surface area contributed by atoms with E-state index in [1.807, 2.05) is 30.1 Å². The Hall–Kier alpha value is -2.01. The number of amidine groups is 1. The summed E-state index contributed by atoms with van der Waals surface area (Å²) < 4.78 is 5.44. The van der Waals surface area contributed by atoms with E-state index >= 15 is 0 Å². The van der Waals surface area contributed by atoms with Gasteiger partial charge in [-0.15, -0.1) is 0 Å². The number of hydrogen-bond acceptors (Lipinski definition) is 5. The number of ether oxygens (including phenoxy) is 1. The molecule has 3 heterocycles.